The van der Waals surface area contributed by atoms with Crippen LogP contribution >= 0.6 is 23.1 Å². The summed E-state index contributed by atoms with van der Waals surface area (Å²) in [6, 6.07) is 2.16. The molecule has 2 fully saturated rings. The Morgan fingerprint density at radius 1 is 1.37 bits per heavy atom. The van der Waals surface area contributed by atoms with Crippen LogP contribution in [0.15, 0.2) is 0 Å². The fraction of sp³-hybridized carbons (Fsp3) is 0.692. The molecule has 102 valence electrons. The minimum absolute atomic E-state index is 0.337. The number of anilines is 1. The van der Waals surface area contributed by atoms with Gasteiger partial charge in [-0.3, -0.25) is 0 Å². The second kappa shape index (κ2) is 5.66. The molecule has 2 aliphatic rings. The number of ether oxygens (including phenoxy) is 1. The molecule has 0 aromatic carbocycles. The summed E-state index contributed by atoms with van der Waals surface area (Å²) in [4.78, 5) is 2.24. The van der Waals surface area contributed by atoms with Gasteiger partial charge < -0.3 is 9.64 Å². The minimum Gasteiger partial charge on any atom is -0.378 e. The molecule has 0 radical (unpaired) electrons. The van der Waals surface area contributed by atoms with Gasteiger partial charge in [-0.1, -0.05) is 11.6 Å². The Hall–Kier alpha value is -0.830. The van der Waals surface area contributed by atoms with Gasteiger partial charge in [-0.15, -0.1) is 0 Å². The van der Waals surface area contributed by atoms with Gasteiger partial charge in [-0.05, 0) is 43.1 Å². The Kier molecular flexibility index (Phi) is 3.92. The summed E-state index contributed by atoms with van der Waals surface area (Å²) in [6.07, 6.45) is 5.13. The average molecular weight is 298 g/mol. The normalized spacial score (nSPS) is 24.6. The van der Waals surface area contributed by atoms with Gasteiger partial charge in [0.25, 0.3) is 0 Å². The van der Waals surface area contributed by atoms with Gasteiger partial charge in [0.1, 0.15) is 16.6 Å². The van der Waals surface area contributed by atoms with Crippen LogP contribution in [-0.2, 0) is 4.74 Å². The second-order valence-electron chi connectivity index (χ2n) is 5.14. The minimum atomic E-state index is 0.337. The predicted molar refractivity (Wildman–Crippen MR) is 75.8 cm³/mol. The van der Waals surface area contributed by atoms with Crippen molar-refractivity contribution in [3.63, 3.8) is 0 Å². The zero-order valence-corrected chi connectivity index (χ0v) is 12.2. The molecule has 1 atom stereocenters. The van der Waals surface area contributed by atoms with E-state index in [0.717, 1.165) is 37.5 Å². The second-order valence-corrected chi connectivity index (χ2v) is 6.25. The maximum Gasteiger partial charge on any atom is 0.162 e. The third-order valence-electron chi connectivity index (χ3n) is 4.06. The first-order valence-electron chi connectivity index (χ1n) is 6.71. The van der Waals surface area contributed by atoms with Crippen molar-refractivity contribution >= 4 is 28.1 Å². The molecule has 2 saturated heterocycles. The first-order chi connectivity index (χ1) is 9.29. The number of nitrogens with zero attached hydrogens (tertiary/aromatic N) is 3. The number of hydrogen-bond acceptors (Lipinski definition) is 5. The number of aromatic nitrogens is 1. The molecule has 19 heavy (non-hydrogen) atoms. The van der Waals surface area contributed by atoms with Crippen LogP contribution in [0.3, 0.4) is 0 Å². The zero-order chi connectivity index (χ0) is 13.2. The van der Waals surface area contributed by atoms with Gasteiger partial charge in [-0.25, -0.2) is 0 Å². The molecule has 0 spiro atoms. The quantitative estimate of drug-likeness (QED) is 0.842. The highest BCUT2D eigenvalue weighted by atomic mass is 35.5. The van der Waals surface area contributed by atoms with E-state index in [-0.39, 0.29) is 0 Å². The Morgan fingerprint density at radius 2 is 2.16 bits per heavy atom. The van der Waals surface area contributed by atoms with Crippen molar-refractivity contribution < 1.29 is 4.74 Å². The van der Waals surface area contributed by atoms with Crippen molar-refractivity contribution in [1.29, 1.82) is 5.26 Å². The summed E-state index contributed by atoms with van der Waals surface area (Å²) < 4.78 is 9.86. The van der Waals surface area contributed by atoms with E-state index in [0.29, 0.717) is 22.7 Å². The Morgan fingerprint density at radius 3 is 2.79 bits per heavy atom. The molecule has 1 aromatic rings. The van der Waals surface area contributed by atoms with Crippen LogP contribution in [0.25, 0.3) is 0 Å². The molecule has 0 saturated carbocycles. The van der Waals surface area contributed by atoms with E-state index in [1.54, 1.807) is 0 Å². The third-order valence-corrected chi connectivity index (χ3v) is 5.34. The third kappa shape index (κ3) is 2.58. The molecule has 0 bridgehead atoms. The molecular formula is C13H16ClN3OS. The molecule has 1 unspecified atom stereocenters. The molecule has 6 heteroatoms. The molecule has 3 heterocycles. The van der Waals surface area contributed by atoms with Crippen LogP contribution in [0.5, 0.6) is 0 Å². The predicted octanol–water partition coefficient (Wildman–Crippen LogP) is 3.06. The van der Waals surface area contributed by atoms with Crippen LogP contribution in [0.1, 0.15) is 31.2 Å². The van der Waals surface area contributed by atoms with Crippen LogP contribution in [-0.4, -0.2) is 30.2 Å². The highest BCUT2D eigenvalue weighted by Gasteiger charge is 2.31. The van der Waals surface area contributed by atoms with Crippen molar-refractivity contribution in [2.24, 2.45) is 5.92 Å². The number of hydrogen-bond donors (Lipinski definition) is 0. The average Bonchev–Trinajstić information content (AvgIpc) is 3.08. The molecular weight excluding hydrogens is 282 g/mol. The zero-order valence-electron chi connectivity index (χ0n) is 10.6. The van der Waals surface area contributed by atoms with Crippen molar-refractivity contribution in [3.8, 4) is 6.07 Å². The molecule has 1 aromatic heterocycles. The summed E-state index contributed by atoms with van der Waals surface area (Å²) in [5, 5.41) is 10.4. The first kappa shape index (κ1) is 13.2. The van der Waals surface area contributed by atoms with E-state index in [4.69, 9.17) is 21.6 Å². The van der Waals surface area contributed by atoms with Crippen molar-refractivity contribution in [1.82, 2.24) is 4.37 Å². The maximum absolute atomic E-state index is 9.13. The summed E-state index contributed by atoms with van der Waals surface area (Å²) in [6.45, 7) is 2.86. The molecule has 0 amide bonds. The fourth-order valence-electron chi connectivity index (χ4n) is 3.02. The van der Waals surface area contributed by atoms with Crippen LogP contribution in [0, 0.1) is 17.2 Å². The Bertz CT molecular complexity index is 485. The van der Waals surface area contributed by atoms with Crippen LogP contribution in [0.4, 0.5) is 5.00 Å². The van der Waals surface area contributed by atoms with Gasteiger partial charge in [-0.2, -0.15) is 9.64 Å². The van der Waals surface area contributed by atoms with E-state index in [1.807, 2.05) is 0 Å². The van der Waals surface area contributed by atoms with Crippen molar-refractivity contribution in [2.45, 2.75) is 31.8 Å². The molecule has 0 N–H and O–H groups in total. The van der Waals surface area contributed by atoms with E-state index < -0.39 is 0 Å². The lowest BCUT2D eigenvalue weighted by Gasteiger charge is -2.34. The lowest BCUT2D eigenvalue weighted by atomic mass is 9.90. The summed E-state index contributed by atoms with van der Waals surface area (Å²) in [5.41, 5.74) is 0.530. The van der Waals surface area contributed by atoms with Crippen LogP contribution < -0.4 is 4.90 Å². The first-order valence-corrected chi connectivity index (χ1v) is 7.86. The Labute approximate surface area is 122 Å². The summed E-state index contributed by atoms with van der Waals surface area (Å²) in [5.74, 6) is 0.674. The van der Waals surface area contributed by atoms with Gasteiger partial charge >= 0.3 is 0 Å². The number of piperidine rings is 1. The number of nitriles is 1. The summed E-state index contributed by atoms with van der Waals surface area (Å²) in [7, 11) is 0. The SMILES string of the molecule is N#Cc1c(Cl)nsc1N1CCC(C2CCCO2)CC1. The summed E-state index contributed by atoms with van der Waals surface area (Å²) >= 11 is 7.26. The van der Waals surface area contributed by atoms with Gasteiger partial charge in [0, 0.05) is 19.7 Å². The van der Waals surface area contributed by atoms with Gasteiger partial charge in [0.2, 0.25) is 0 Å². The smallest absolute Gasteiger partial charge is 0.162 e. The van der Waals surface area contributed by atoms with Crippen molar-refractivity contribution in [3.05, 3.63) is 10.7 Å². The Balaban J connectivity index is 1.65. The van der Waals surface area contributed by atoms with Gasteiger partial charge in [0.05, 0.1) is 6.10 Å². The standard InChI is InChI=1S/C13H16ClN3OS/c14-12-10(8-15)13(19-16-12)17-5-3-9(4-6-17)11-2-1-7-18-11/h9,11H,1-7H2. The van der Waals surface area contributed by atoms with Gasteiger partial charge in [0.15, 0.2) is 5.15 Å². The van der Waals surface area contributed by atoms with Crippen LogP contribution in [0.2, 0.25) is 5.15 Å². The van der Waals surface area contributed by atoms with E-state index in [2.05, 4.69) is 15.3 Å². The highest BCUT2D eigenvalue weighted by molar-refractivity contribution is 7.10. The lowest BCUT2D eigenvalue weighted by Crippen LogP contribution is -2.37. The molecule has 2 aliphatic heterocycles. The molecule has 4 nitrogen and oxygen atoms in total. The topological polar surface area (TPSA) is 49.2 Å². The highest BCUT2D eigenvalue weighted by Crippen LogP contribution is 2.35. The maximum atomic E-state index is 9.13. The van der Waals surface area contributed by atoms with E-state index >= 15 is 0 Å². The number of rotatable bonds is 2. The molecule has 0 aliphatic carbocycles. The van der Waals surface area contributed by atoms with Crippen molar-refractivity contribution in [2.75, 3.05) is 24.6 Å². The monoisotopic (exact) mass is 297 g/mol. The molecule has 3 rings (SSSR count). The van der Waals surface area contributed by atoms with E-state index in [9.17, 15) is 0 Å². The fourth-order valence-corrected chi connectivity index (χ4v) is 4.10. The largest absolute Gasteiger partial charge is 0.378 e. The lowest BCUT2D eigenvalue weighted by molar-refractivity contribution is 0.0532. The van der Waals surface area contributed by atoms with E-state index in [1.165, 1.54) is 24.4 Å². The number of halogens is 1.